The molecule has 0 spiro atoms. The summed E-state index contributed by atoms with van der Waals surface area (Å²) in [5.41, 5.74) is 0.406. The Labute approximate surface area is 159 Å². The van der Waals surface area contributed by atoms with Gasteiger partial charge in [0.15, 0.2) is 5.13 Å². The number of hydrogen-bond donors (Lipinski definition) is 5. The van der Waals surface area contributed by atoms with Crippen molar-refractivity contribution in [3.8, 4) is 0 Å². The molecule has 5 N–H and O–H groups in total. The highest BCUT2D eigenvalue weighted by atomic mass is 32.2. The number of rotatable bonds is 11. The van der Waals surface area contributed by atoms with E-state index < -0.39 is 21.8 Å². The fraction of sp³-hybridized carbons (Fsp3) is 0.462. The zero-order chi connectivity index (χ0) is 19.9. The summed E-state index contributed by atoms with van der Waals surface area (Å²) in [7, 11) is -4.10. The molecule has 12 nitrogen and oxygen atoms in total. The number of aromatic nitrogens is 4. The van der Waals surface area contributed by atoms with Gasteiger partial charge < -0.3 is 15.7 Å². The summed E-state index contributed by atoms with van der Waals surface area (Å²) in [4.78, 5) is 27.4. The number of thiazole rings is 1. The smallest absolute Gasteiger partial charge is 0.309 e. The number of carboxylic acid groups (broad SMARTS) is 1. The molecule has 0 bridgehead atoms. The summed E-state index contributed by atoms with van der Waals surface area (Å²) in [6.07, 6.45) is -0.191. The maximum atomic E-state index is 10.8. The molecule has 2 rings (SSSR count). The Morgan fingerprint density at radius 1 is 1.22 bits per heavy atom. The first-order valence-corrected chi connectivity index (χ1v) is 10.3. The lowest BCUT2D eigenvalue weighted by atomic mass is 10.3. The molecule has 14 heteroatoms. The Hall–Kier alpha value is -2.42. The molecule has 0 unspecified atom stereocenters. The van der Waals surface area contributed by atoms with Gasteiger partial charge >= 0.3 is 5.97 Å². The first kappa shape index (κ1) is 20.9. The monoisotopic (exact) mass is 417 g/mol. The van der Waals surface area contributed by atoms with Gasteiger partial charge in [-0.1, -0.05) is 6.92 Å². The number of hydrogen-bond acceptors (Lipinski definition) is 11. The van der Waals surface area contributed by atoms with Gasteiger partial charge in [0.25, 0.3) is 10.1 Å². The Morgan fingerprint density at radius 2 is 1.96 bits per heavy atom. The number of nitrogens with zero attached hydrogens (tertiary/aromatic N) is 4. The minimum Gasteiger partial charge on any atom is -0.481 e. The van der Waals surface area contributed by atoms with Crippen molar-refractivity contribution < 1.29 is 22.9 Å². The molecular weight excluding hydrogens is 398 g/mol. The summed E-state index contributed by atoms with van der Waals surface area (Å²) >= 11 is 1.20. The van der Waals surface area contributed by atoms with Crippen LogP contribution in [0.3, 0.4) is 0 Å². The summed E-state index contributed by atoms with van der Waals surface area (Å²) in [5.74, 6) is -0.763. The van der Waals surface area contributed by atoms with Crippen LogP contribution in [0.1, 0.15) is 18.4 Å². The van der Waals surface area contributed by atoms with E-state index in [0.29, 0.717) is 29.7 Å². The SMILES string of the molecule is CCNCc1nc(NCCS(=O)(=O)O)nc(Nc2nc(CC(=O)O)cs2)n1. The topological polar surface area (TPSA) is 179 Å². The van der Waals surface area contributed by atoms with Gasteiger partial charge in [0.05, 0.1) is 24.4 Å². The number of aliphatic carboxylic acids is 1. The van der Waals surface area contributed by atoms with Crippen molar-refractivity contribution in [3.63, 3.8) is 0 Å². The fourth-order valence-corrected chi connectivity index (χ4v) is 2.92. The summed E-state index contributed by atoms with van der Waals surface area (Å²) in [5, 5.41) is 19.5. The highest BCUT2D eigenvalue weighted by molar-refractivity contribution is 7.85. The van der Waals surface area contributed by atoms with Crippen molar-refractivity contribution in [2.45, 2.75) is 19.9 Å². The minimum atomic E-state index is -4.10. The second-order valence-electron chi connectivity index (χ2n) is 5.23. The lowest BCUT2D eigenvalue weighted by Crippen LogP contribution is -2.19. The lowest BCUT2D eigenvalue weighted by Gasteiger charge is -2.09. The van der Waals surface area contributed by atoms with Crippen LogP contribution in [0.4, 0.5) is 17.0 Å². The third-order valence-electron chi connectivity index (χ3n) is 2.96. The second kappa shape index (κ2) is 9.50. The van der Waals surface area contributed by atoms with Gasteiger partial charge in [0.1, 0.15) is 5.82 Å². The third kappa shape index (κ3) is 7.78. The first-order valence-electron chi connectivity index (χ1n) is 7.83. The third-order valence-corrected chi connectivity index (χ3v) is 4.49. The fourth-order valence-electron chi connectivity index (χ4n) is 1.86. The maximum absolute atomic E-state index is 10.8. The van der Waals surface area contributed by atoms with Crippen molar-refractivity contribution in [1.82, 2.24) is 25.3 Å². The van der Waals surface area contributed by atoms with Crippen LogP contribution in [-0.4, -0.2) is 62.8 Å². The Kier molecular flexibility index (Phi) is 7.35. The molecule has 0 saturated carbocycles. The van der Waals surface area contributed by atoms with Gasteiger partial charge in [-0.2, -0.15) is 23.4 Å². The number of carboxylic acids is 1. The maximum Gasteiger partial charge on any atom is 0.309 e. The highest BCUT2D eigenvalue weighted by Gasteiger charge is 2.11. The highest BCUT2D eigenvalue weighted by Crippen LogP contribution is 2.19. The molecular formula is C13H19N7O5S2. The summed E-state index contributed by atoms with van der Waals surface area (Å²) in [6, 6.07) is 0. The van der Waals surface area contributed by atoms with E-state index in [2.05, 4.69) is 35.9 Å². The Bertz CT molecular complexity index is 887. The van der Waals surface area contributed by atoms with Crippen LogP contribution in [0.5, 0.6) is 0 Å². The van der Waals surface area contributed by atoms with E-state index in [9.17, 15) is 13.2 Å². The van der Waals surface area contributed by atoms with E-state index in [1.807, 2.05) is 6.92 Å². The van der Waals surface area contributed by atoms with Crippen molar-refractivity contribution >= 4 is 44.5 Å². The van der Waals surface area contributed by atoms with E-state index in [-0.39, 0.29) is 24.9 Å². The van der Waals surface area contributed by atoms with Gasteiger partial charge in [-0.3, -0.25) is 14.7 Å². The van der Waals surface area contributed by atoms with Gasteiger partial charge in [-0.15, -0.1) is 11.3 Å². The quantitative estimate of drug-likeness (QED) is 0.312. The number of nitrogens with one attached hydrogen (secondary N) is 3. The molecule has 148 valence electrons. The molecule has 2 heterocycles. The van der Waals surface area contributed by atoms with Crippen molar-refractivity contribution in [2.75, 3.05) is 29.5 Å². The standard InChI is InChI=1S/C13H19N7O5S2/c1-2-14-6-9-17-11(15-3-4-27(23,24)25)19-12(18-9)20-13-16-8(7-26-13)5-10(21)22/h7,14H,2-6H2,1H3,(H,21,22)(H,23,24,25)(H2,15,16,17,18,19,20). The molecule has 0 aromatic carbocycles. The van der Waals surface area contributed by atoms with Crippen LogP contribution in [0.15, 0.2) is 5.38 Å². The Morgan fingerprint density at radius 3 is 2.63 bits per heavy atom. The molecule has 0 saturated heterocycles. The Balaban J connectivity index is 2.14. The number of anilines is 3. The molecule has 0 aliphatic heterocycles. The van der Waals surface area contributed by atoms with Crippen LogP contribution in [-0.2, 0) is 27.9 Å². The van der Waals surface area contributed by atoms with Gasteiger partial charge in [0.2, 0.25) is 11.9 Å². The van der Waals surface area contributed by atoms with E-state index in [1.54, 1.807) is 5.38 Å². The molecule has 0 radical (unpaired) electrons. The molecule has 2 aromatic heterocycles. The zero-order valence-electron chi connectivity index (χ0n) is 14.3. The molecule has 0 amide bonds. The van der Waals surface area contributed by atoms with Gasteiger partial charge in [0, 0.05) is 11.9 Å². The van der Waals surface area contributed by atoms with Crippen LogP contribution in [0.2, 0.25) is 0 Å². The predicted molar refractivity (Wildman–Crippen MR) is 98.8 cm³/mol. The average molecular weight is 417 g/mol. The van der Waals surface area contributed by atoms with E-state index in [4.69, 9.17) is 9.66 Å². The zero-order valence-corrected chi connectivity index (χ0v) is 16.0. The lowest BCUT2D eigenvalue weighted by molar-refractivity contribution is -0.136. The first-order chi connectivity index (χ1) is 12.7. The largest absolute Gasteiger partial charge is 0.481 e. The molecule has 0 atom stereocenters. The van der Waals surface area contributed by atoms with Crippen molar-refractivity contribution in [2.24, 2.45) is 0 Å². The summed E-state index contributed by atoms with van der Waals surface area (Å²) < 4.78 is 30.4. The summed E-state index contributed by atoms with van der Waals surface area (Å²) in [6.45, 7) is 2.90. The molecule has 0 aliphatic rings. The van der Waals surface area contributed by atoms with Crippen molar-refractivity contribution in [3.05, 3.63) is 16.9 Å². The minimum absolute atomic E-state index is 0.0804. The average Bonchev–Trinajstić information content (AvgIpc) is 2.97. The molecule has 2 aromatic rings. The van der Waals surface area contributed by atoms with Gasteiger partial charge in [-0.05, 0) is 6.54 Å². The van der Waals surface area contributed by atoms with E-state index in [1.165, 1.54) is 11.3 Å². The van der Waals surface area contributed by atoms with Crippen LogP contribution < -0.4 is 16.0 Å². The van der Waals surface area contributed by atoms with E-state index in [0.717, 1.165) is 0 Å². The van der Waals surface area contributed by atoms with Crippen molar-refractivity contribution in [1.29, 1.82) is 0 Å². The molecule has 27 heavy (non-hydrogen) atoms. The predicted octanol–water partition coefficient (Wildman–Crippen LogP) is 0.108. The normalized spacial score (nSPS) is 11.3. The second-order valence-corrected chi connectivity index (χ2v) is 7.66. The molecule has 0 aliphatic carbocycles. The molecule has 0 fully saturated rings. The number of carbonyl (C=O) groups is 1. The van der Waals surface area contributed by atoms with Gasteiger partial charge in [-0.25, -0.2) is 4.98 Å². The van der Waals surface area contributed by atoms with Crippen LogP contribution >= 0.6 is 11.3 Å². The van der Waals surface area contributed by atoms with Crippen LogP contribution in [0.25, 0.3) is 0 Å². The van der Waals surface area contributed by atoms with E-state index >= 15 is 0 Å². The van der Waals surface area contributed by atoms with Crippen LogP contribution in [0, 0.1) is 0 Å².